The van der Waals surface area contributed by atoms with E-state index in [0.717, 1.165) is 38.7 Å². The molecule has 0 aliphatic carbocycles. The van der Waals surface area contributed by atoms with Crippen LogP contribution in [0.5, 0.6) is 0 Å². The first kappa shape index (κ1) is 21.5. The molecule has 0 spiro atoms. The van der Waals surface area contributed by atoms with Gasteiger partial charge in [0.2, 0.25) is 0 Å². The van der Waals surface area contributed by atoms with Gasteiger partial charge in [0.25, 0.3) is 0 Å². The van der Waals surface area contributed by atoms with E-state index in [1.807, 2.05) is 73.6 Å². The van der Waals surface area contributed by atoms with E-state index in [-0.39, 0.29) is 5.83 Å². The quantitative estimate of drug-likeness (QED) is 0.298. The fraction of sp³-hybridized carbons (Fsp3) is 0.138. The zero-order valence-corrected chi connectivity index (χ0v) is 18.8. The lowest BCUT2D eigenvalue weighted by Gasteiger charge is -2.22. The third-order valence-electron chi connectivity index (χ3n) is 5.86. The molecule has 0 saturated carbocycles. The van der Waals surface area contributed by atoms with Crippen LogP contribution in [0.25, 0.3) is 27.5 Å². The second kappa shape index (κ2) is 9.19. The van der Waals surface area contributed by atoms with Crippen molar-refractivity contribution >= 4 is 16.3 Å². The average molecular weight is 423 g/mol. The Bertz CT molecular complexity index is 1300. The van der Waals surface area contributed by atoms with E-state index in [9.17, 15) is 0 Å². The number of hydrogen-bond acceptors (Lipinski definition) is 2. The third kappa shape index (κ3) is 4.62. The molecule has 0 aliphatic rings. The number of halogens is 1. The van der Waals surface area contributed by atoms with Gasteiger partial charge in [-0.3, -0.25) is 4.98 Å². The summed E-state index contributed by atoms with van der Waals surface area (Å²) in [5, 5.41) is 2.21. The first-order valence-electron chi connectivity index (χ1n) is 10.7. The number of benzene rings is 3. The molecule has 1 heterocycles. The summed E-state index contributed by atoms with van der Waals surface area (Å²) in [6, 6.07) is 26.4. The molecule has 1 aromatic heterocycles. The van der Waals surface area contributed by atoms with Crippen molar-refractivity contribution in [1.82, 2.24) is 9.88 Å². The zero-order chi connectivity index (χ0) is 22.7. The molecule has 0 amide bonds. The van der Waals surface area contributed by atoms with Crippen LogP contribution in [0.15, 0.2) is 103 Å². The number of aryl methyl sites for hydroxylation is 1. The van der Waals surface area contributed by atoms with Crippen LogP contribution >= 0.6 is 0 Å². The molecule has 0 atom stereocenters. The Balaban J connectivity index is 1.50. The van der Waals surface area contributed by atoms with E-state index in [4.69, 9.17) is 0 Å². The topological polar surface area (TPSA) is 16.1 Å². The number of hydrogen-bond donors (Lipinski definition) is 0. The van der Waals surface area contributed by atoms with Crippen molar-refractivity contribution in [2.24, 2.45) is 0 Å². The lowest BCUT2D eigenvalue weighted by Crippen LogP contribution is -2.16. The van der Waals surface area contributed by atoms with Gasteiger partial charge in [-0.05, 0) is 65.1 Å². The van der Waals surface area contributed by atoms with E-state index >= 15 is 4.39 Å². The molecule has 2 nitrogen and oxygen atoms in total. The van der Waals surface area contributed by atoms with Gasteiger partial charge in [0, 0.05) is 36.8 Å². The van der Waals surface area contributed by atoms with Crippen LogP contribution in [0.4, 0.5) is 4.39 Å². The normalized spacial score (nSPS) is 11.9. The monoisotopic (exact) mass is 422 g/mol. The summed E-state index contributed by atoms with van der Waals surface area (Å²) in [6.45, 7) is 8.43. The largest absolute Gasteiger partial charge is 0.371 e. The highest BCUT2D eigenvalue weighted by atomic mass is 19.1. The van der Waals surface area contributed by atoms with Crippen molar-refractivity contribution in [1.29, 1.82) is 0 Å². The molecular formula is C29H27FN2. The maximum atomic E-state index is 15.3. The van der Waals surface area contributed by atoms with Gasteiger partial charge in [-0.15, -0.1) is 0 Å². The van der Waals surface area contributed by atoms with Gasteiger partial charge in [0.05, 0.1) is 0 Å². The van der Waals surface area contributed by atoms with Crippen LogP contribution in [0, 0.1) is 6.92 Å². The summed E-state index contributed by atoms with van der Waals surface area (Å²) in [6.07, 6.45) is 1.83. The van der Waals surface area contributed by atoms with E-state index < -0.39 is 0 Å². The fourth-order valence-electron chi connectivity index (χ4n) is 3.81. The summed E-state index contributed by atoms with van der Waals surface area (Å²) in [7, 11) is 1.91. The van der Waals surface area contributed by atoms with Crippen LogP contribution < -0.4 is 0 Å². The van der Waals surface area contributed by atoms with Gasteiger partial charge in [-0.25, -0.2) is 4.39 Å². The molecule has 3 heteroatoms. The maximum Gasteiger partial charge on any atom is 0.149 e. The summed E-state index contributed by atoms with van der Waals surface area (Å²) in [5.41, 5.74) is 6.17. The Hall–Kier alpha value is -3.72. The molecule has 4 rings (SSSR count). The molecule has 4 aromatic rings. The Morgan fingerprint density at radius 2 is 1.62 bits per heavy atom. The Labute approximate surface area is 189 Å². The summed E-state index contributed by atoms with van der Waals surface area (Å²) in [4.78, 5) is 6.18. The van der Waals surface area contributed by atoms with Crippen molar-refractivity contribution in [3.63, 3.8) is 0 Å². The second-order valence-corrected chi connectivity index (χ2v) is 8.18. The van der Waals surface area contributed by atoms with E-state index in [2.05, 4.69) is 41.9 Å². The van der Waals surface area contributed by atoms with E-state index in [1.165, 1.54) is 0 Å². The van der Waals surface area contributed by atoms with Crippen molar-refractivity contribution in [2.75, 3.05) is 7.05 Å². The molecule has 0 N–H and O–H groups in total. The average Bonchev–Trinajstić information content (AvgIpc) is 2.82. The highest BCUT2D eigenvalue weighted by Crippen LogP contribution is 2.29. The molecule has 32 heavy (non-hydrogen) atoms. The fourth-order valence-corrected chi connectivity index (χ4v) is 3.81. The minimum Gasteiger partial charge on any atom is -0.371 e. The predicted octanol–water partition coefficient (Wildman–Crippen LogP) is 7.56. The van der Waals surface area contributed by atoms with Crippen molar-refractivity contribution in [3.05, 3.63) is 120 Å². The molecule has 0 fully saturated rings. The van der Waals surface area contributed by atoms with Gasteiger partial charge < -0.3 is 4.90 Å². The van der Waals surface area contributed by atoms with Crippen LogP contribution in [-0.4, -0.2) is 16.9 Å². The number of rotatable bonds is 6. The van der Waals surface area contributed by atoms with Crippen LogP contribution in [0.3, 0.4) is 0 Å². The standard InChI is InChI=1S/C29H27FN2/c1-20-17-28(15-16-31-20)25-11-9-23(10-12-25)19-32(4)22(3)29(30)21(2)26-14-13-24-7-5-6-8-27(24)18-26/h5-18H,2,19H2,1,3-4H3/b29-22-. The lowest BCUT2D eigenvalue weighted by atomic mass is 10.0. The molecule has 3 aromatic carbocycles. The second-order valence-electron chi connectivity index (χ2n) is 8.18. The third-order valence-corrected chi connectivity index (χ3v) is 5.86. The van der Waals surface area contributed by atoms with Crippen molar-refractivity contribution in [2.45, 2.75) is 20.4 Å². The number of allylic oxidation sites excluding steroid dienone is 3. The minimum absolute atomic E-state index is 0.285. The SMILES string of the molecule is C=C(/C(F)=C(\C)N(C)Cc1ccc(-c2ccnc(C)c2)cc1)c1ccc2ccccc2c1. The van der Waals surface area contributed by atoms with E-state index in [0.29, 0.717) is 17.8 Å². The zero-order valence-electron chi connectivity index (χ0n) is 18.8. The summed E-state index contributed by atoms with van der Waals surface area (Å²) in [5.74, 6) is -0.285. The molecule has 0 radical (unpaired) electrons. The van der Waals surface area contributed by atoms with Crippen LogP contribution in [0.2, 0.25) is 0 Å². The Morgan fingerprint density at radius 3 is 2.34 bits per heavy atom. The first-order valence-corrected chi connectivity index (χ1v) is 10.7. The molecule has 0 saturated heterocycles. The van der Waals surface area contributed by atoms with Gasteiger partial charge in [-0.1, -0.05) is 67.2 Å². The smallest absolute Gasteiger partial charge is 0.149 e. The van der Waals surface area contributed by atoms with Gasteiger partial charge in [0.15, 0.2) is 0 Å². The van der Waals surface area contributed by atoms with Crippen LogP contribution in [0.1, 0.15) is 23.7 Å². The Morgan fingerprint density at radius 1 is 0.906 bits per heavy atom. The van der Waals surface area contributed by atoms with E-state index in [1.54, 1.807) is 6.92 Å². The first-order chi connectivity index (χ1) is 15.4. The van der Waals surface area contributed by atoms with Crippen LogP contribution in [-0.2, 0) is 6.54 Å². The number of pyridine rings is 1. The van der Waals surface area contributed by atoms with Gasteiger partial charge >= 0.3 is 0 Å². The molecule has 0 bridgehead atoms. The molecule has 0 aliphatic heterocycles. The minimum atomic E-state index is -0.285. The van der Waals surface area contributed by atoms with Gasteiger partial charge in [0.1, 0.15) is 5.83 Å². The highest BCUT2D eigenvalue weighted by Gasteiger charge is 2.13. The van der Waals surface area contributed by atoms with Crippen molar-refractivity contribution in [3.8, 4) is 11.1 Å². The van der Waals surface area contributed by atoms with Crippen molar-refractivity contribution < 1.29 is 4.39 Å². The Kier molecular flexibility index (Phi) is 6.18. The molecule has 0 unspecified atom stereocenters. The number of nitrogens with zero attached hydrogens (tertiary/aromatic N) is 2. The summed E-state index contributed by atoms with van der Waals surface area (Å²) >= 11 is 0. The maximum absolute atomic E-state index is 15.3. The molecule has 160 valence electrons. The molecular weight excluding hydrogens is 395 g/mol. The number of aromatic nitrogens is 1. The highest BCUT2D eigenvalue weighted by molar-refractivity contribution is 5.88. The number of fused-ring (bicyclic) bond motifs is 1. The van der Waals surface area contributed by atoms with Gasteiger partial charge in [-0.2, -0.15) is 0 Å². The lowest BCUT2D eigenvalue weighted by molar-refractivity contribution is 0.395. The predicted molar refractivity (Wildman–Crippen MR) is 133 cm³/mol. The summed E-state index contributed by atoms with van der Waals surface area (Å²) < 4.78 is 15.3.